The maximum atomic E-state index is 13.3. The van der Waals surface area contributed by atoms with Crippen molar-refractivity contribution in [3.05, 3.63) is 36.5 Å². The molecule has 91 heavy (non-hydrogen) atoms. The highest BCUT2D eigenvalue weighted by molar-refractivity contribution is 5.76. The van der Waals surface area contributed by atoms with E-state index < -0.39 is 124 Å². The maximum Gasteiger partial charge on any atom is 0.220 e. The van der Waals surface area contributed by atoms with Gasteiger partial charge in [0.2, 0.25) is 5.91 Å². The molecule has 3 aliphatic rings. The van der Waals surface area contributed by atoms with Gasteiger partial charge in [-0.05, 0) is 57.8 Å². The van der Waals surface area contributed by atoms with Crippen LogP contribution in [0.1, 0.15) is 284 Å². The molecule has 1 amide bonds. The van der Waals surface area contributed by atoms with Crippen LogP contribution in [0.5, 0.6) is 0 Å². The number of ether oxygens (including phenoxy) is 6. The van der Waals surface area contributed by atoms with E-state index in [1.54, 1.807) is 6.08 Å². The van der Waals surface area contributed by atoms with Crippen LogP contribution in [-0.2, 0) is 33.2 Å². The zero-order chi connectivity index (χ0) is 66.1. The molecule has 0 bridgehead atoms. The lowest BCUT2D eigenvalue weighted by Crippen LogP contribution is -2.66. The topological polar surface area (TPSA) is 307 Å². The van der Waals surface area contributed by atoms with Crippen molar-refractivity contribution in [3.8, 4) is 0 Å². The van der Waals surface area contributed by atoms with Gasteiger partial charge in [-0.25, -0.2) is 0 Å². The van der Waals surface area contributed by atoms with Crippen LogP contribution < -0.4 is 5.32 Å². The lowest BCUT2D eigenvalue weighted by atomic mass is 9.96. The first kappa shape index (κ1) is 83.2. The van der Waals surface area contributed by atoms with Crippen LogP contribution in [0.25, 0.3) is 0 Å². The van der Waals surface area contributed by atoms with E-state index in [4.69, 9.17) is 28.4 Å². The maximum absolute atomic E-state index is 13.3. The molecule has 3 fully saturated rings. The molecular weight excluding hydrogens is 1170 g/mol. The molecule has 0 radical (unpaired) electrons. The van der Waals surface area contributed by atoms with Crippen molar-refractivity contribution in [1.82, 2.24) is 5.32 Å². The second-order valence-electron chi connectivity index (χ2n) is 26.4. The van der Waals surface area contributed by atoms with Crippen LogP contribution in [0.2, 0.25) is 0 Å². The smallest absolute Gasteiger partial charge is 0.220 e. The normalized spacial score (nSPS) is 28.0. The number of unbranched alkanes of at least 4 members (excludes halogenated alkanes) is 37. The average Bonchev–Trinajstić information content (AvgIpc) is 0.877. The van der Waals surface area contributed by atoms with Gasteiger partial charge in [0.05, 0.1) is 38.6 Å². The highest BCUT2D eigenvalue weighted by Gasteiger charge is 2.53. The van der Waals surface area contributed by atoms with Gasteiger partial charge >= 0.3 is 0 Å². The van der Waals surface area contributed by atoms with E-state index in [1.165, 1.54) is 193 Å². The van der Waals surface area contributed by atoms with Crippen LogP contribution in [-0.4, -0.2) is 193 Å². The van der Waals surface area contributed by atoms with Crippen molar-refractivity contribution in [1.29, 1.82) is 0 Å². The first-order valence-electron chi connectivity index (χ1n) is 36.7. The van der Waals surface area contributed by atoms with Crippen molar-refractivity contribution in [2.75, 3.05) is 26.4 Å². The molecule has 3 aliphatic heterocycles. The molecule has 0 aliphatic carbocycles. The summed E-state index contributed by atoms with van der Waals surface area (Å²) in [4.78, 5) is 13.3. The lowest BCUT2D eigenvalue weighted by Gasteiger charge is -2.48. The number of allylic oxidation sites excluding steroid dienone is 5. The SMILES string of the molecule is CCCCCC/C=C\CCCCCCCC(=O)NC(COC1OC(CO)C(OC2OC(CO)C(OC3OC(CO)C(O)C(O)C3O)C(O)C2O)C(O)C1O)C(O)/C=C/CC/C=C/CCCCCCCCCCCCCCCCCCCCCCCCCCCCC. The molecule has 12 N–H and O–H groups in total. The summed E-state index contributed by atoms with van der Waals surface area (Å²) >= 11 is 0. The van der Waals surface area contributed by atoms with Gasteiger partial charge in [-0.15, -0.1) is 0 Å². The zero-order valence-corrected chi connectivity index (χ0v) is 56.6. The van der Waals surface area contributed by atoms with Crippen molar-refractivity contribution in [2.45, 2.75) is 388 Å². The molecular formula is C72H133NO18. The number of hydrogen-bond donors (Lipinski definition) is 12. The summed E-state index contributed by atoms with van der Waals surface area (Å²) in [6.07, 6.45) is 37.3. The molecule has 19 heteroatoms. The van der Waals surface area contributed by atoms with Gasteiger partial charge in [0.25, 0.3) is 0 Å². The third-order valence-electron chi connectivity index (χ3n) is 18.4. The molecule has 17 unspecified atom stereocenters. The van der Waals surface area contributed by atoms with Crippen LogP contribution in [0.3, 0.4) is 0 Å². The number of nitrogens with one attached hydrogen (secondary N) is 1. The third-order valence-corrected chi connectivity index (χ3v) is 18.4. The summed E-state index contributed by atoms with van der Waals surface area (Å²) in [5, 5.41) is 120. The van der Waals surface area contributed by atoms with Gasteiger partial charge in [0.1, 0.15) is 73.2 Å². The summed E-state index contributed by atoms with van der Waals surface area (Å²) in [5.41, 5.74) is 0. The van der Waals surface area contributed by atoms with Crippen molar-refractivity contribution in [2.24, 2.45) is 0 Å². The van der Waals surface area contributed by atoms with Gasteiger partial charge in [-0.3, -0.25) is 4.79 Å². The fourth-order valence-electron chi connectivity index (χ4n) is 12.4. The van der Waals surface area contributed by atoms with E-state index in [0.29, 0.717) is 12.8 Å². The van der Waals surface area contributed by atoms with E-state index in [-0.39, 0.29) is 18.9 Å². The van der Waals surface area contributed by atoms with Crippen molar-refractivity contribution >= 4 is 5.91 Å². The Bertz CT molecular complexity index is 1790. The first-order valence-corrected chi connectivity index (χ1v) is 36.7. The van der Waals surface area contributed by atoms with Gasteiger partial charge < -0.3 is 89.9 Å². The minimum Gasteiger partial charge on any atom is -0.394 e. The summed E-state index contributed by atoms with van der Waals surface area (Å²) in [7, 11) is 0. The second kappa shape index (κ2) is 54.1. The fourth-order valence-corrected chi connectivity index (χ4v) is 12.4. The molecule has 3 saturated heterocycles. The molecule has 3 rings (SSSR count). The van der Waals surface area contributed by atoms with Crippen LogP contribution in [0.4, 0.5) is 0 Å². The summed E-state index contributed by atoms with van der Waals surface area (Å²) < 4.78 is 34.3. The van der Waals surface area contributed by atoms with Gasteiger partial charge in [-0.2, -0.15) is 0 Å². The Hall–Kier alpha value is -1.99. The second-order valence-corrected chi connectivity index (χ2v) is 26.4. The lowest BCUT2D eigenvalue weighted by molar-refractivity contribution is -0.379. The molecule has 0 aromatic heterocycles. The number of amides is 1. The van der Waals surface area contributed by atoms with Crippen molar-refractivity contribution < 1.29 is 89.4 Å². The largest absolute Gasteiger partial charge is 0.394 e. The molecule has 0 aromatic rings. The minimum absolute atomic E-state index is 0.226. The van der Waals surface area contributed by atoms with Gasteiger partial charge in [0.15, 0.2) is 18.9 Å². The summed E-state index contributed by atoms with van der Waals surface area (Å²) in [5.74, 6) is -0.293. The van der Waals surface area contributed by atoms with Gasteiger partial charge in [-0.1, -0.05) is 256 Å². The predicted molar refractivity (Wildman–Crippen MR) is 356 cm³/mol. The monoisotopic (exact) mass is 1300 g/mol. The Labute approximate surface area is 549 Å². The number of aliphatic hydroxyl groups is 11. The molecule has 17 atom stereocenters. The molecule has 0 aromatic carbocycles. The minimum atomic E-state index is -1.98. The zero-order valence-electron chi connectivity index (χ0n) is 56.6. The number of aliphatic hydroxyl groups excluding tert-OH is 11. The van der Waals surface area contributed by atoms with E-state index in [2.05, 4.69) is 43.5 Å². The van der Waals surface area contributed by atoms with Crippen LogP contribution in [0.15, 0.2) is 36.5 Å². The predicted octanol–water partition coefficient (Wildman–Crippen LogP) is 10.4. The number of rotatable bonds is 57. The standard InChI is InChI=1S/C72H133NO18/c1-3-5-7-9-11-13-15-17-18-19-20-21-22-23-24-25-26-27-28-29-30-31-32-33-34-35-36-38-39-41-43-45-47-49-56(77)55(73-60(78)50-48-46-44-42-40-37-16-14-12-10-8-6-4-2)54-86-70-66(84)63(81)68(58(52-75)88-70)91-72-67(85)64(82)69(59(53-76)89-72)90-71-65(83)62(80)61(79)57(51-74)87-71/h14,16,39,41,47,49,55-59,61-72,74-77,79-85H,3-13,15,17-38,40,42-46,48,50-54H2,1-2H3,(H,73,78)/b16-14-,41-39+,49-47+. The summed E-state index contributed by atoms with van der Waals surface area (Å²) in [6, 6.07) is -0.994. The Kier molecular flexibility index (Phi) is 49.5. The molecule has 0 spiro atoms. The molecule has 0 saturated carbocycles. The van der Waals surface area contributed by atoms with Crippen LogP contribution >= 0.6 is 0 Å². The average molecular weight is 1300 g/mol. The number of carbonyl (C=O) groups excluding carboxylic acids is 1. The first-order chi connectivity index (χ1) is 44.3. The number of carbonyl (C=O) groups is 1. The highest BCUT2D eigenvalue weighted by atomic mass is 16.8. The van der Waals surface area contributed by atoms with Crippen molar-refractivity contribution in [3.63, 3.8) is 0 Å². The molecule has 534 valence electrons. The van der Waals surface area contributed by atoms with E-state index in [0.717, 1.165) is 57.8 Å². The Balaban J connectivity index is 1.37. The highest BCUT2D eigenvalue weighted by Crippen LogP contribution is 2.33. The Morgan fingerprint density at radius 1 is 0.385 bits per heavy atom. The van der Waals surface area contributed by atoms with E-state index in [1.807, 2.05) is 6.08 Å². The van der Waals surface area contributed by atoms with Crippen LogP contribution in [0, 0.1) is 0 Å². The third kappa shape index (κ3) is 35.7. The van der Waals surface area contributed by atoms with Gasteiger partial charge in [0, 0.05) is 6.42 Å². The number of hydrogen-bond acceptors (Lipinski definition) is 18. The fraction of sp³-hybridized carbons (Fsp3) is 0.903. The summed E-state index contributed by atoms with van der Waals surface area (Å²) in [6.45, 7) is 1.71. The quantitative estimate of drug-likeness (QED) is 0.0199. The van der Waals surface area contributed by atoms with E-state index in [9.17, 15) is 61.0 Å². The molecule has 3 heterocycles. The molecule has 19 nitrogen and oxygen atoms in total. The Morgan fingerprint density at radius 3 is 1.11 bits per heavy atom. The van der Waals surface area contributed by atoms with E-state index >= 15 is 0 Å². The Morgan fingerprint density at radius 2 is 0.703 bits per heavy atom.